The molecule has 0 N–H and O–H groups in total. The minimum absolute atomic E-state index is 0.190. The van der Waals surface area contributed by atoms with Crippen molar-refractivity contribution in [3.05, 3.63) is 47.9 Å². The lowest BCUT2D eigenvalue weighted by atomic mass is 10.4. The van der Waals surface area contributed by atoms with E-state index in [1.807, 2.05) is 0 Å². The van der Waals surface area contributed by atoms with Gasteiger partial charge < -0.3 is 0 Å². The van der Waals surface area contributed by atoms with Crippen molar-refractivity contribution in [2.24, 2.45) is 0 Å². The van der Waals surface area contributed by atoms with Crippen molar-refractivity contribution >= 4 is 27.4 Å². The van der Waals surface area contributed by atoms with Gasteiger partial charge in [0, 0.05) is 13.1 Å². The van der Waals surface area contributed by atoms with Gasteiger partial charge >= 0.3 is 0 Å². The van der Waals surface area contributed by atoms with Crippen LogP contribution in [0.4, 0.5) is 5.82 Å². The molecule has 0 radical (unpaired) electrons. The van der Waals surface area contributed by atoms with E-state index in [2.05, 4.69) is 9.97 Å². The Labute approximate surface area is 110 Å². The van der Waals surface area contributed by atoms with Gasteiger partial charge in [-0.05, 0) is 12.1 Å². The van der Waals surface area contributed by atoms with Crippen molar-refractivity contribution in [2.75, 3.05) is 11.4 Å². The summed E-state index contributed by atoms with van der Waals surface area (Å²) in [7, 11) is -2.21. The van der Waals surface area contributed by atoms with Crippen LogP contribution in [0.15, 0.2) is 47.6 Å². The molecule has 1 heterocycles. The lowest BCUT2D eigenvalue weighted by Gasteiger charge is -2.18. The first kappa shape index (κ1) is 12.8. The summed E-state index contributed by atoms with van der Waals surface area (Å²) in [5, 5.41) is 0.190. The number of sulfonamides is 1. The molecule has 0 aliphatic carbocycles. The standard InChI is InChI=1S/C11H10ClN3O2S/c1-15(11-7-10(12)13-8-14-11)18(16,17)9-5-3-2-4-6-9/h2-8H,1H3. The summed E-state index contributed by atoms with van der Waals surface area (Å²) >= 11 is 5.71. The number of hydrogen-bond acceptors (Lipinski definition) is 4. The molecule has 0 amide bonds. The second kappa shape index (κ2) is 4.91. The van der Waals surface area contributed by atoms with Gasteiger partial charge in [-0.1, -0.05) is 29.8 Å². The predicted octanol–water partition coefficient (Wildman–Crippen LogP) is 1.96. The zero-order valence-corrected chi connectivity index (χ0v) is 11.1. The van der Waals surface area contributed by atoms with E-state index in [0.717, 1.165) is 4.31 Å². The van der Waals surface area contributed by atoms with Crippen molar-refractivity contribution in [1.82, 2.24) is 9.97 Å². The Hall–Kier alpha value is -1.66. The monoisotopic (exact) mass is 283 g/mol. The number of aromatic nitrogens is 2. The zero-order chi connectivity index (χ0) is 13.2. The van der Waals surface area contributed by atoms with Crippen LogP contribution in [0.3, 0.4) is 0 Å². The van der Waals surface area contributed by atoms with Crippen molar-refractivity contribution in [3.63, 3.8) is 0 Å². The highest BCUT2D eigenvalue weighted by molar-refractivity contribution is 7.92. The van der Waals surface area contributed by atoms with E-state index in [4.69, 9.17) is 11.6 Å². The molecular weight excluding hydrogens is 274 g/mol. The Kier molecular flexibility index (Phi) is 3.49. The molecule has 2 rings (SSSR count). The molecule has 0 aliphatic heterocycles. The number of halogens is 1. The van der Waals surface area contributed by atoms with Crippen molar-refractivity contribution in [1.29, 1.82) is 0 Å². The molecule has 0 saturated heterocycles. The van der Waals surface area contributed by atoms with Crippen LogP contribution in [0.25, 0.3) is 0 Å². The van der Waals surface area contributed by atoms with E-state index >= 15 is 0 Å². The fraction of sp³-hybridized carbons (Fsp3) is 0.0909. The quantitative estimate of drug-likeness (QED) is 0.808. The zero-order valence-electron chi connectivity index (χ0n) is 9.49. The van der Waals surface area contributed by atoms with Crippen LogP contribution in [-0.2, 0) is 10.0 Å². The minimum Gasteiger partial charge on any atom is -0.253 e. The second-order valence-electron chi connectivity index (χ2n) is 3.48. The topological polar surface area (TPSA) is 63.2 Å². The molecule has 2 aromatic rings. The fourth-order valence-electron chi connectivity index (χ4n) is 1.37. The third kappa shape index (κ3) is 2.44. The normalized spacial score (nSPS) is 11.2. The van der Waals surface area contributed by atoms with Gasteiger partial charge in [-0.2, -0.15) is 0 Å². The number of hydrogen-bond donors (Lipinski definition) is 0. The molecule has 0 atom stereocenters. The van der Waals surface area contributed by atoms with Crippen LogP contribution in [0.1, 0.15) is 0 Å². The molecule has 18 heavy (non-hydrogen) atoms. The van der Waals surface area contributed by atoms with Gasteiger partial charge in [-0.15, -0.1) is 0 Å². The van der Waals surface area contributed by atoms with Gasteiger partial charge in [0.15, 0.2) is 0 Å². The number of nitrogens with zero attached hydrogens (tertiary/aromatic N) is 3. The van der Waals surface area contributed by atoms with Gasteiger partial charge in [-0.25, -0.2) is 18.4 Å². The Balaban J connectivity index is 2.43. The van der Waals surface area contributed by atoms with Crippen molar-refractivity contribution in [3.8, 4) is 0 Å². The average molecular weight is 284 g/mol. The summed E-state index contributed by atoms with van der Waals surface area (Å²) in [5.41, 5.74) is 0. The highest BCUT2D eigenvalue weighted by atomic mass is 35.5. The third-order valence-electron chi connectivity index (χ3n) is 2.34. The summed E-state index contributed by atoms with van der Waals surface area (Å²) in [6, 6.07) is 9.51. The summed E-state index contributed by atoms with van der Waals surface area (Å²) in [5.74, 6) is 0.221. The molecule has 0 bridgehead atoms. The molecule has 0 fully saturated rings. The lowest BCUT2D eigenvalue weighted by Crippen LogP contribution is -2.27. The smallest absolute Gasteiger partial charge is 0.253 e. The number of benzene rings is 1. The van der Waals surface area contributed by atoms with E-state index in [9.17, 15) is 8.42 Å². The fourth-order valence-corrected chi connectivity index (χ4v) is 2.67. The molecule has 1 aromatic heterocycles. The Morgan fingerprint density at radius 2 is 1.83 bits per heavy atom. The first-order chi connectivity index (χ1) is 8.51. The summed E-state index contributed by atoms with van der Waals surface area (Å²) < 4.78 is 25.6. The van der Waals surface area contributed by atoms with E-state index in [1.165, 1.54) is 31.6 Å². The summed E-state index contributed by atoms with van der Waals surface area (Å²) in [4.78, 5) is 7.79. The molecular formula is C11H10ClN3O2S. The maximum absolute atomic E-state index is 12.3. The predicted molar refractivity (Wildman–Crippen MR) is 69.1 cm³/mol. The Bertz CT molecular complexity index is 646. The number of rotatable bonds is 3. The van der Waals surface area contributed by atoms with Gasteiger partial charge in [-0.3, -0.25) is 4.31 Å². The van der Waals surface area contributed by atoms with Gasteiger partial charge in [0.2, 0.25) is 0 Å². The summed E-state index contributed by atoms with van der Waals surface area (Å²) in [6.07, 6.45) is 1.22. The molecule has 0 saturated carbocycles. The van der Waals surface area contributed by atoms with E-state index < -0.39 is 10.0 Å². The van der Waals surface area contributed by atoms with Crippen LogP contribution in [0.5, 0.6) is 0 Å². The molecule has 94 valence electrons. The molecule has 5 nitrogen and oxygen atoms in total. The van der Waals surface area contributed by atoms with Gasteiger partial charge in [0.25, 0.3) is 10.0 Å². The maximum atomic E-state index is 12.3. The van der Waals surface area contributed by atoms with Crippen LogP contribution >= 0.6 is 11.6 Å². The minimum atomic E-state index is -3.62. The molecule has 0 unspecified atom stereocenters. The summed E-state index contributed by atoms with van der Waals surface area (Å²) in [6.45, 7) is 0. The van der Waals surface area contributed by atoms with Crippen LogP contribution in [0.2, 0.25) is 5.15 Å². The van der Waals surface area contributed by atoms with E-state index in [1.54, 1.807) is 18.2 Å². The highest BCUT2D eigenvalue weighted by Crippen LogP contribution is 2.20. The third-order valence-corrected chi connectivity index (χ3v) is 4.33. The van der Waals surface area contributed by atoms with Crippen molar-refractivity contribution in [2.45, 2.75) is 4.90 Å². The first-order valence-electron chi connectivity index (χ1n) is 5.03. The van der Waals surface area contributed by atoms with E-state index in [-0.39, 0.29) is 15.9 Å². The SMILES string of the molecule is CN(c1cc(Cl)ncn1)S(=O)(=O)c1ccccc1. The highest BCUT2D eigenvalue weighted by Gasteiger charge is 2.21. The molecule has 1 aromatic carbocycles. The van der Waals surface area contributed by atoms with E-state index in [0.29, 0.717) is 0 Å². The van der Waals surface area contributed by atoms with Crippen molar-refractivity contribution < 1.29 is 8.42 Å². The molecule has 0 spiro atoms. The Morgan fingerprint density at radius 3 is 2.44 bits per heavy atom. The maximum Gasteiger partial charge on any atom is 0.265 e. The van der Waals surface area contributed by atoms with Crippen LogP contribution < -0.4 is 4.31 Å². The van der Waals surface area contributed by atoms with Gasteiger partial charge in [0.1, 0.15) is 17.3 Å². The molecule has 0 aliphatic rings. The number of anilines is 1. The lowest BCUT2D eigenvalue weighted by molar-refractivity contribution is 0.594. The average Bonchev–Trinajstić information content (AvgIpc) is 2.39. The van der Waals surface area contributed by atoms with Gasteiger partial charge in [0.05, 0.1) is 4.90 Å². The Morgan fingerprint density at radius 1 is 1.17 bits per heavy atom. The largest absolute Gasteiger partial charge is 0.265 e. The first-order valence-corrected chi connectivity index (χ1v) is 6.85. The van der Waals surface area contributed by atoms with Crippen LogP contribution in [0, 0.1) is 0 Å². The van der Waals surface area contributed by atoms with Crippen LogP contribution in [-0.4, -0.2) is 25.4 Å². The molecule has 7 heteroatoms. The second-order valence-corrected chi connectivity index (χ2v) is 5.84.